The van der Waals surface area contributed by atoms with Crippen LogP contribution in [0.1, 0.15) is 25.3 Å². The minimum Gasteiger partial charge on any atom is -0.497 e. The molecule has 0 amide bonds. The maximum Gasteiger partial charge on any atom is 0.219 e. The van der Waals surface area contributed by atoms with Gasteiger partial charge in [-0.2, -0.15) is 0 Å². The van der Waals surface area contributed by atoms with Crippen molar-refractivity contribution in [3.05, 3.63) is 48.2 Å². The van der Waals surface area contributed by atoms with Crippen LogP contribution < -0.4 is 20.5 Å². The summed E-state index contributed by atoms with van der Waals surface area (Å²) in [5, 5.41) is 3.24. The molecule has 0 radical (unpaired) electrons. The van der Waals surface area contributed by atoms with Gasteiger partial charge in [-0.05, 0) is 43.6 Å². The number of nitrogens with one attached hydrogen (secondary N) is 1. The number of methoxy groups -OCH3 is 1. The summed E-state index contributed by atoms with van der Waals surface area (Å²) in [7, 11) is 1.63. The molecule has 7 heteroatoms. The highest BCUT2D eigenvalue weighted by molar-refractivity contribution is 5.77. The number of benzene rings is 1. The van der Waals surface area contributed by atoms with Gasteiger partial charge in [0.15, 0.2) is 5.96 Å². The molecule has 0 saturated carbocycles. The van der Waals surface area contributed by atoms with Gasteiger partial charge in [-0.3, -0.25) is 4.90 Å². The molecular formula is C21H29N5O2. The van der Waals surface area contributed by atoms with E-state index in [2.05, 4.69) is 27.1 Å². The molecule has 0 aliphatic carbocycles. The van der Waals surface area contributed by atoms with Gasteiger partial charge in [-0.15, -0.1) is 0 Å². The summed E-state index contributed by atoms with van der Waals surface area (Å²) in [6, 6.07) is 11.7. The van der Waals surface area contributed by atoms with Crippen LogP contribution in [-0.4, -0.2) is 48.6 Å². The summed E-state index contributed by atoms with van der Waals surface area (Å²) in [6.45, 7) is 5.78. The topological polar surface area (TPSA) is 85.0 Å². The number of rotatable bonds is 8. The standard InChI is InChI=1S/C21H29N5O2/c1-3-26-11-5-6-17(26)15-25-21(22)24-14-16-9-10-20(23-13-16)28-19-8-4-7-18(12-19)27-2/h4,7-10,12-13,17H,3,5-6,11,14-15H2,1-2H3,(H3,22,24,25). The second-order valence-electron chi connectivity index (χ2n) is 6.79. The Morgan fingerprint density at radius 1 is 1.32 bits per heavy atom. The van der Waals surface area contributed by atoms with Gasteiger partial charge in [0.05, 0.1) is 13.7 Å². The Morgan fingerprint density at radius 2 is 2.18 bits per heavy atom. The maximum absolute atomic E-state index is 6.01. The first-order valence-corrected chi connectivity index (χ1v) is 9.72. The summed E-state index contributed by atoms with van der Waals surface area (Å²) in [6.07, 6.45) is 4.22. The van der Waals surface area contributed by atoms with Crippen LogP contribution in [0.4, 0.5) is 0 Å². The molecule has 0 bridgehead atoms. The highest BCUT2D eigenvalue weighted by atomic mass is 16.5. The number of hydrogen-bond donors (Lipinski definition) is 2. The molecule has 0 spiro atoms. The van der Waals surface area contributed by atoms with E-state index in [1.54, 1.807) is 13.3 Å². The smallest absolute Gasteiger partial charge is 0.219 e. The minimum atomic E-state index is 0.472. The van der Waals surface area contributed by atoms with Gasteiger partial charge in [0, 0.05) is 30.9 Å². The minimum absolute atomic E-state index is 0.472. The van der Waals surface area contributed by atoms with Crippen LogP contribution in [-0.2, 0) is 6.54 Å². The monoisotopic (exact) mass is 383 g/mol. The Kier molecular flexibility index (Phi) is 7.08. The largest absolute Gasteiger partial charge is 0.497 e. The fourth-order valence-electron chi connectivity index (χ4n) is 3.35. The molecule has 3 N–H and O–H groups in total. The van der Waals surface area contributed by atoms with Crippen LogP contribution >= 0.6 is 0 Å². The van der Waals surface area contributed by atoms with E-state index in [1.807, 2.05) is 36.4 Å². The molecule has 3 rings (SSSR count). The number of ether oxygens (including phenoxy) is 2. The Labute approximate surface area is 166 Å². The van der Waals surface area contributed by atoms with Crippen molar-refractivity contribution in [1.82, 2.24) is 15.2 Å². The van der Waals surface area contributed by atoms with Gasteiger partial charge >= 0.3 is 0 Å². The van der Waals surface area contributed by atoms with Gasteiger partial charge in [0.2, 0.25) is 5.88 Å². The van der Waals surface area contributed by atoms with Crippen molar-refractivity contribution < 1.29 is 9.47 Å². The van der Waals surface area contributed by atoms with E-state index in [-0.39, 0.29) is 0 Å². The quantitative estimate of drug-likeness (QED) is 0.539. The van der Waals surface area contributed by atoms with Crippen molar-refractivity contribution in [2.45, 2.75) is 32.4 Å². The normalized spacial score (nSPS) is 17.5. The molecule has 2 heterocycles. The van der Waals surface area contributed by atoms with E-state index in [9.17, 15) is 0 Å². The van der Waals surface area contributed by atoms with E-state index in [1.165, 1.54) is 19.4 Å². The maximum atomic E-state index is 6.01. The molecule has 1 saturated heterocycles. The van der Waals surface area contributed by atoms with Crippen molar-refractivity contribution in [3.63, 3.8) is 0 Å². The predicted molar refractivity (Wildman–Crippen MR) is 111 cm³/mol. The summed E-state index contributed by atoms with van der Waals surface area (Å²) < 4.78 is 10.9. The third-order valence-corrected chi connectivity index (χ3v) is 4.92. The van der Waals surface area contributed by atoms with Crippen LogP contribution in [0.25, 0.3) is 0 Å². The molecule has 1 unspecified atom stereocenters. The fourth-order valence-corrected chi connectivity index (χ4v) is 3.35. The lowest BCUT2D eigenvalue weighted by molar-refractivity contribution is 0.267. The molecule has 1 fully saturated rings. The fraction of sp³-hybridized carbons (Fsp3) is 0.429. The van der Waals surface area contributed by atoms with Crippen LogP contribution in [0.5, 0.6) is 17.4 Å². The van der Waals surface area contributed by atoms with Crippen molar-refractivity contribution >= 4 is 5.96 Å². The number of nitrogens with two attached hydrogens (primary N) is 1. The van der Waals surface area contributed by atoms with Gasteiger partial charge in [0.25, 0.3) is 0 Å². The number of likely N-dealkylation sites (tertiary alicyclic amines) is 1. The molecule has 28 heavy (non-hydrogen) atoms. The summed E-state index contributed by atoms with van der Waals surface area (Å²) in [4.78, 5) is 11.2. The highest BCUT2D eigenvalue weighted by Gasteiger charge is 2.22. The van der Waals surface area contributed by atoms with Gasteiger partial charge in [-0.25, -0.2) is 9.98 Å². The molecule has 2 aromatic rings. The molecular weight excluding hydrogens is 354 g/mol. The number of hydrogen-bond acceptors (Lipinski definition) is 5. The zero-order valence-electron chi connectivity index (χ0n) is 16.6. The predicted octanol–water partition coefficient (Wildman–Crippen LogP) is 2.77. The number of nitrogens with zero attached hydrogens (tertiary/aromatic N) is 3. The highest BCUT2D eigenvalue weighted by Crippen LogP contribution is 2.23. The van der Waals surface area contributed by atoms with Crippen LogP contribution in [0, 0.1) is 0 Å². The number of likely N-dealkylation sites (N-methyl/N-ethyl adjacent to an activating group) is 1. The third kappa shape index (κ3) is 5.60. The van der Waals surface area contributed by atoms with E-state index in [0.717, 1.165) is 24.4 Å². The lowest BCUT2D eigenvalue weighted by Gasteiger charge is -2.23. The van der Waals surface area contributed by atoms with Crippen LogP contribution in [0.15, 0.2) is 47.6 Å². The Hall–Kier alpha value is -2.80. The first-order valence-electron chi connectivity index (χ1n) is 9.72. The number of aromatic nitrogens is 1. The Balaban J connectivity index is 1.48. The van der Waals surface area contributed by atoms with Crippen molar-refractivity contribution in [2.75, 3.05) is 26.7 Å². The average Bonchev–Trinajstić information content (AvgIpc) is 3.19. The Bertz CT molecular complexity index is 779. The second-order valence-corrected chi connectivity index (χ2v) is 6.79. The van der Waals surface area contributed by atoms with Crippen LogP contribution in [0.3, 0.4) is 0 Å². The van der Waals surface area contributed by atoms with E-state index in [0.29, 0.717) is 30.2 Å². The van der Waals surface area contributed by atoms with Crippen molar-refractivity contribution in [1.29, 1.82) is 0 Å². The summed E-state index contributed by atoms with van der Waals surface area (Å²) >= 11 is 0. The number of guanidine groups is 1. The molecule has 150 valence electrons. The third-order valence-electron chi connectivity index (χ3n) is 4.92. The summed E-state index contributed by atoms with van der Waals surface area (Å²) in [5.41, 5.74) is 6.98. The molecule has 1 aliphatic heterocycles. The molecule has 1 aromatic heterocycles. The zero-order valence-corrected chi connectivity index (χ0v) is 16.6. The van der Waals surface area contributed by atoms with Gasteiger partial charge in [-0.1, -0.05) is 19.1 Å². The van der Waals surface area contributed by atoms with Crippen LogP contribution in [0.2, 0.25) is 0 Å². The van der Waals surface area contributed by atoms with E-state index < -0.39 is 0 Å². The van der Waals surface area contributed by atoms with Gasteiger partial charge in [0.1, 0.15) is 11.5 Å². The second kappa shape index (κ2) is 9.94. The molecule has 1 atom stereocenters. The molecule has 7 nitrogen and oxygen atoms in total. The van der Waals surface area contributed by atoms with Crippen molar-refractivity contribution in [3.8, 4) is 17.4 Å². The van der Waals surface area contributed by atoms with Gasteiger partial charge < -0.3 is 20.5 Å². The van der Waals surface area contributed by atoms with Crippen molar-refractivity contribution in [2.24, 2.45) is 10.7 Å². The molecule has 1 aliphatic rings. The first-order chi connectivity index (χ1) is 13.7. The lowest BCUT2D eigenvalue weighted by Crippen LogP contribution is -2.42. The SMILES string of the molecule is CCN1CCCC1CNC(N)=NCc1ccc(Oc2cccc(OC)c2)nc1. The number of pyridine rings is 1. The number of aliphatic imine (C=N–C) groups is 1. The Morgan fingerprint density at radius 3 is 2.93 bits per heavy atom. The van der Waals surface area contributed by atoms with E-state index in [4.69, 9.17) is 15.2 Å². The first kappa shape index (κ1) is 19.9. The molecule has 1 aromatic carbocycles. The summed E-state index contributed by atoms with van der Waals surface area (Å²) in [5.74, 6) is 2.41. The average molecular weight is 383 g/mol. The van der Waals surface area contributed by atoms with E-state index >= 15 is 0 Å². The lowest BCUT2D eigenvalue weighted by atomic mass is 10.2. The zero-order chi connectivity index (χ0) is 19.8.